The summed E-state index contributed by atoms with van der Waals surface area (Å²) in [6, 6.07) is 16.1. The van der Waals surface area contributed by atoms with Crippen molar-refractivity contribution in [3.63, 3.8) is 0 Å². The van der Waals surface area contributed by atoms with Crippen molar-refractivity contribution >= 4 is 17.5 Å². The van der Waals surface area contributed by atoms with Gasteiger partial charge >= 0.3 is 0 Å². The largest absolute Gasteiger partial charge is 0.351 e. The maximum atomic E-state index is 14.2. The van der Waals surface area contributed by atoms with Gasteiger partial charge in [-0.2, -0.15) is 4.80 Å². The number of anilines is 1. The highest BCUT2D eigenvalue weighted by Gasteiger charge is 2.34. The van der Waals surface area contributed by atoms with E-state index in [4.69, 9.17) is 0 Å². The number of carbonyl (C=O) groups is 2. The second kappa shape index (κ2) is 11.3. The number of rotatable bonds is 8. The highest BCUT2D eigenvalue weighted by molar-refractivity contribution is 6.01. The Balaban J connectivity index is 1.49. The van der Waals surface area contributed by atoms with E-state index in [-0.39, 0.29) is 29.9 Å². The van der Waals surface area contributed by atoms with Crippen molar-refractivity contribution in [3.8, 4) is 11.4 Å². The van der Waals surface area contributed by atoms with Crippen molar-refractivity contribution < 1.29 is 14.0 Å². The van der Waals surface area contributed by atoms with E-state index in [0.717, 1.165) is 36.0 Å². The summed E-state index contributed by atoms with van der Waals surface area (Å²) < 4.78 is 14.2. The Hall–Kier alpha value is -4.47. The van der Waals surface area contributed by atoms with Crippen molar-refractivity contribution in [3.05, 3.63) is 90.0 Å². The lowest BCUT2D eigenvalue weighted by Gasteiger charge is -2.32. The number of hydrogen-bond donors (Lipinski definition) is 1. The predicted octanol–water partition coefficient (Wildman–Crippen LogP) is 4.02. The lowest BCUT2D eigenvalue weighted by molar-refractivity contribution is -0.127. The number of pyridine rings is 1. The van der Waals surface area contributed by atoms with Gasteiger partial charge in [-0.25, -0.2) is 4.39 Å². The minimum Gasteiger partial charge on any atom is -0.351 e. The molecule has 0 aliphatic heterocycles. The number of tetrazole rings is 1. The molecule has 2 heterocycles. The van der Waals surface area contributed by atoms with E-state index in [0.29, 0.717) is 11.3 Å². The number of amides is 2. The summed E-state index contributed by atoms with van der Waals surface area (Å²) in [6.45, 7) is 1.65. The molecule has 1 N–H and O–H groups in total. The molecule has 1 fully saturated rings. The molecule has 1 atom stereocenters. The van der Waals surface area contributed by atoms with Crippen LogP contribution >= 0.6 is 0 Å². The zero-order valence-electron chi connectivity index (χ0n) is 21.0. The summed E-state index contributed by atoms with van der Waals surface area (Å²) in [6.07, 6.45) is 7.15. The number of nitrogens with zero attached hydrogens (tertiary/aromatic N) is 6. The van der Waals surface area contributed by atoms with Crippen LogP contribution in [-0.2, 0) is 16.1 Å². The molecule has 1 aliphatic carbocycles. The van der Waals surface area contributed by atoms with Gasteiger partial charge in [0.25, 0.3) is 5.91 Å². The van der Waals surface area contributed by atoms with Crippen molar-refractivity contribution in [1.82, 2.24) is 30.5 Å². The van der Waals surface area contributed by atoms with Crippen LogP contribution < -0.4 is 10.2 Å². The monoisotopic (exact) mass is 513 g/mol. The van der Waals surface area contributed by atoms with Gasteiger partial charge in [-0.05, 0) is 66.9 Å². The average Bonchev–Trinajstić information content (AvgIpc) is 3.61. The first-order chi connectivity index (χ1) is 18.5. The minimum absolute atomic E-state index is 0.0714. The van der Waals surface area contributed by atoms with Crippen LogP contribution in [-0.4, -0.2) is 43.0 Å². The topological polar surface area (TPSA) is 106 Å². The Bertz CT molecular complexity index is 1400. The predicted molar refractivity (Wildman–Crippen MR) is 139 cm³/mol. The molecule has 2 aromatic heterocycles. The van der Waals surface area contributed by atoms with Crippen LogP contribution in [0.4, 0.5) is 10.1 Å². The molecular weight excluding hydrogens is 485 g/mol. The van der Waals surface area contributed by atoms with Crippen molar-refractivity contribution in [2.45, 2.75) is 51.2 Å². The van der Waals surface area contributed by atoms with Gasteiger partial charge in [-0.1, -0.05) is 42.7 Å². The van der Waals surface area contributed by atoms with E-state index in [9.17, 15) is 14.0 Å². The van der Waals surface area contributed by atoms with Crippen LogP contribution in [0.15, 0.2) is 73.1 Å². The third-order valence-electron chi connectivity index (χ3n) is 6.66. The molecule has 1 saturated carbocycles. The lowest BCUT2D eigenvalue weighted by atomic mass is 10.0. The molecule has 2 aromatic carbocycles. The number of halogens is 1. The fourth-order valence-electron chi connectivity index (χ4n) is 4.71. The van der Waals surface area contributed by atoms with Crippen LogP contribution in [0.3, 0.4) is 0 Å². The second-order valence-corrected chi connectivity index (χ2v) is 9.40. The summed E-state index contributed by atoms with van der Waals surface area (Å²) in [4.78, 5) is 34.3. The Kier molecular flexibility index (Phi) is 7.48. The Labute approximate surface area is 219 Å². The van der Waals surface area contributed by atoms with Crippen LogP contribution in [0.2, 0.25) is 0 Å². The second-order valence-electron chi connectivity index (χ2n) is 9.40. The molecule has 4 aromatic rings. The van der Waals surface area contributed by atoms with Crippen LogP contribution in [0.5, 0.6) is 0 Å². The van der Waals surface area contributed by atoms with Gasteiger partial charge in [0.15, 0.2) is 0 Å². The smallest absolute Gasteiger partial charge is 0.251 e. The molecule has 2 amide bonds. The summed E-state index contributed by atoms with van der Waals surface area (Å²) in [7, 11) is 0. The first kappa shape index (κ1) is 25.2. The molecule has 0 bridgehead atoms. The SMILES string of the molecule is Cc1ccc(N(C(=O)Cn2nnc(-c3ccccc3F)n2)[C@H](C(=O)NC2CCCC2)c2ccncc2)cc1. The van der Waals surface area contributed by atoms with Crippen LogP contribution in [0.25, 0.3) is 11.4 Å². The number of aryl methyl sites for hydroxylation is 1. The number of hydrogen-bond acceptors (Lipinski definition) is 6. The summed E-state index contributed by atoms with van der Waals surface area (Å²) in [5.74, 6) is -1.10. The summed E-state index contributed by atoms with van der Waals surface area (Å²) in [5, 5.41) is 15.3. The van der Waals surface area contributed by atoms with E-state index < -0.39 is 17.8 Å². The number of nitrogens with one attached hydrogen (secondary N) is 1. The van der Waals surface area contributed by atoms with Crippen molar-refractivity contribution in [2.24, 2.45) is 0 Å². The maximum Gasteiger partial charge on any atom is 0.251 e. The third-order valence-corrected chi connectivity index (χ3v) is 6.66. The Morgan fingerprint density at radius 3 is 2.47 bits per heavy atom. The van der Waals surface area contributed by atoms with Crippen molar-refractivity contribution in [1.29, 1.82) is 0 Å². The van der Waals surface area contributed by atoms with Gasteiger partial charge in [-0.15, -0.1) is 10.2 Å². The molecule has 0 saturated heterocycles. The molecule has 5 rings (SSSR count). The summed E-state index contributed by atoms with van der Waals surface area (Å²) >= 11 is 0. The quantitative estimate of drug-likeness (QED) is 0.382. The molecule has 0 radical (unpaired) electrons. The zero-order valence-corrected chi connectivity index (χ0v) is 21.0. The fraction of sp³-hybridized carbons (Fsp3) is 0.286. The number of benzene rings is 2. The molecular formula is C28H28FN7O2. The lowest BCUT2D eigenvalue weighted by Crippen LogP contribution is -2.47. The Morgan fingerprint density at radius 2 is 1.76 bits per heavy atom. The first-order valence-electron chi connectivity index (χ1n) is 12.6. The van der Waals surface area contributed by atoms with E-state index in [2.05, 4.69) is 25.7 Å². The molecule has 194 valence electrons. The van der Waals surface area contributed by atoms with Gasteiger partial charge in [0, 0.05) is 24.1 Å². The molecule has 9 nitrogen and oxygen atoms in total. The molecule has 0 unspecified atom stereocenters. The Morgan fingerprint density at radius 1 is 1.05 bits per heavy atom. The zero-order chi connectivity index (χ0) is 26.5. The third kappa shape index (κ3) is 5.59. The highest BCUT2D eigenvalue weighted by Crippen LogP contribution is 2.30. The molecule has 1 aliphatic rings. The fourth-order valence-corrected chi connectivity index (χ4v) is 4.71. The van der Waals surface area contributed by atoms with Gasteiger partial charge in [-0.3, -0.25) is 19.5 Å². The van der Waals surface area contributed by atoms with Gasteiger partial charge in [0.2, 0.25) is 11.7 Å². The summed E-state index contributed by atoms with van der Waals surface area (Å²) in [5.41, 5.74) is 2.39. The van der Waals surface area contributed by atoms with E-state index in [1.807, 2.05) is 31.2 Å². The normalized spacial score (nSPS) is 14.3. The maximum absolute atomic E-state index is 14.2. The van der Waals surface area contributed by atoms with Gasteiger partial charge in [0.1, 0.15) is 18.4 Å². The van der Waals surface area contributed by atoms with E-state index >= 15 is 0 Å². The number of aromatic nitrogens is 5. The van der Waals surface area contributed by atoms with Crippen LogP contribution in [0, 0.1) is 12.7 Å². The highest BCUT2D eigenvalue weighted by atomic mass is 19.1. The minimum atomic E-state index is -0.941. The van der Waals surface area contributed by atoms with Crippen LogP contribution in [0.1, 0.15) is 42.9 Å². The molecule has 10 heteroatoms. The van der Waals surface area contributed by atoms with Gasteiger partial charge < -0.3 is 5.32 Å². The van der Waals surface area contributed by atoms with E-state index in [1.165, 1.54) is 11.0 Å². The van der Waals surface area contributed by atoms with Crippen molar-refractivity contribution in [2.75, 3.05) is 4.90 Å². The van der Waals surface area contributed by atoms with E-state index in [1.54, 1.807) is 42.7 Å². The number of carbonyl (C=O) groups excluding carboxylic acids is 2. The average molecular weight is 514 g/mol. The van der Waals surface area contributed by atoms with Gasteiger partial charge in [0.05, 0.1) is 5.56 Å². The molecule has 0 spiro atoms. The first-order valence-corrected chi connectivity index (χ1v) is 12.6. The standard InChI is InChI=1S/C28H28FN7O2/c1-19-10-12-22(13-11-19)36(25(37)18-35-33-27(32-34-35)23-8-4-5-9-24(23)29)26(20-14-16-30-17-15-20)28(38)31-21-6-2-3-7-21/h4-5,8-17,21,26H,2-3,6-7,18H2,1H3,(H,31,38)/t26-/m0/s1. The molecule has 38 heavy (non-hydrogen) atoms.